The van der Waals surface area contributed by atoms with E-state index in [1.165, 1.54) is 5.56 Å². The number of benzene rings is 1. The van der Waals surface area contributed by atoms with Gasteiger partial charge in [0.1, 0.15) is 18.5 Å². The second-order valence-electron chi connectivity index (χ2n) is 6.45. The van der Waals surface area contributed by atoms with Crippen LogP contribution in [0.1, 0.15) is 31.9 Å². The molecule has 0 fully saturated rings. The first-order valence-electron chi connectivity index (χ1n) is 7.24. The van der Waals surface area contributed by atoms with E-state index in [0.29, 0.717) is 6.54 Å². The first-order chi connectivity index (χ1) is 9.86. The van der Waals surface area contributed by atoms with Gasteiger partial charge in [0.15, 0.2) is 0 Å². The van der Waals surface area contributed by atoms with E-state index in [2.05, 4.69) is 37.9 Å². The van der Waals surface area contributed by atoms with Crippen molar-refractivity contribution in [2.75, 3.05) is 6.61 Å². The van der Waals surface area contributed by atoms with Gasteiger partial charge in [-0.3, -0.25) is 0 Å². The molecule has 0 amide bonds. The third-order valence-electron chi connectivity index (χ3n) is 3.45. The standard InChI is InChI=1S/C17H24N2O2/c1-13-9-14(17(2,3)4)5-6-16(13)21-11-15(20)10-19-8-7-18-12-19/h5-9,12,15,20H,10-11H2,1-4H3. The fraction of sp³-hybridized carbons (Fsp3) is 0.471. The Bertz CT molecular complexity index is 571. The van der Waals surface area contributed by atoms with E-state index in [0.717, 1.165) is 11.3 Å². The summed E-state index contributed by atoms with van der Waals surface area (Å²) in [5.74, 6) is 0.827. The molecule has 0 aliphatic heterocycles. The van der Waals surface area contributed by atoms with Crippen LogP contribution in [0, 0.1) is 6.92 Å². The van der Waals surface area contributed by atoms with Crippen molar-refractivity contribution in [1.82, 2.24) is 9.55 Å². The van der Waals surface area contributed by atoms with Gasteiger partial charge in [-0.15, -0.1) is 0 Å². The summed E-state index contributed by atoms with van der Waals surface area (Å²) in [6.07, 6.45) is 4.66. The highest BCUT2D eigenvalue weighted by Gasteiger charge is 2.15. The Morgan fingerprint density at radius 2 is 2.10 bits per heavy atom. The number of hydrogen-bond acceptors (Lipinski definition) is 3. The zero-order valence-electron chi connectivity index (χ0n) is 13.2. The molecule has 1 unspecified atom stereocenters. The van der Waals surface area contributed by atoms with Crippen LogP contribution in [-0.2, 0) is 12.0 Å². The topological polar surface area (TPSA) is 47.3 Å². The predicted molar refractivity (Wildman–Crippen MR) is 83.6 cm³/mol. The van der Waals surface area contributed by atoms with Crippen molar-refractivity contribution >= 4 is 0 Å². The summed E-state index contributed by atoms with van der Waals surface area (Å²) in [4.78, 5) is 3.95. The Labute approximate surface area is 126 Å². The number of ether oxygens (including phenoxy) is 1. The Morgan fingerprint density at radius 1 is 1.33 bits per heavy atom. The first-order valence-corrected chi connectivity index (χ1v) is 7.24. The van der Waals surface area contributed by atoms with Crippen LogP contribution in [0.2, 0.25) is 0 Å². The van der Waals surface area contributed by atoms with Gasteiger partial charge in [-0.25, -0.2) is 4.98 Å². The lowest BCUT2D eigenvalue weighted by atomic mass is 9.86. The molecule has 1 aromatic carbocycles. The SMILES string of the molecule is Cc1cc(C(C)(C)C)ccc1OCC(O)Cn1ccnc1. The monoisotopic (exact) mass is 288 g/mol. The van der Waals surface area contributed by atoms with Crippen LogP contribution in [0.3, 0.4) is 0 Å². The van der Waals surface area contributed by atoms with Crippen molar-refractivity contribution in [3.63, 3.8) is 0 Å². The fourth-order valence-corrected chi connectivity index (χ4v) is 2.15. The molecule has 0 aliphatic rings. The van der Waals surface area contributed by atoms with Gasteiger partial charge in [0.2, 0.25) is 0 Å². The van der Waals surface area contributed by atoms with Crippen LogP contribution >= 0.6 is 0 Å². The lowest BCUT2D eigenvalue weighted by molar-refractivity contribution is 0.0921. The molecule has 21 heavy (non-hydrogen) atoms. The maximum Gasteiger partial charge on any atom is 0.122 e. The van der Waals surface area contributed by atoms with E-state index in [9.17, 15) is 5.11 Å². The second-order valence-corrected chi connectivity index (χ2v) is 6.45. The number of aromatic nitrogens is 2. The third kappa shape index (κ3) is 4.33. The highest BCUT2D eigenvalue weighted by molar-refractivity contribution is 5.38. The average Bonchev–Trinajstić information content (AvgIpc) is 2.89. The summed E-state index contributed by atoms with van der Waals surface area (Å²) < 4.78 is 7.57. The molecule has 0 saturated heterocycles. The molecule has 1 N–H and O–H groups in total. The fourth-order valence-electron chi connectivity index (χ4n) is 2.15. The molecule has 1 heterocycles. The Morgan fingerprint density at radius 3 is 2.67 bits per heavy atom. The van der Waals surface area contributed by atoms with Gasteiger partial charge in [-0.1, -0.05) is 32.9 Å². The number of imidazole rings is 1. The maximum absolute atomic E-state index is 9.98. The average molecular weight is 288 g/mol. The van der Waals surface area contributed by atoms with Crippen molar-refractivity contribution in [2.24, 2.45) is 0 Å². The number of aliphatic hydroxyl groups excluding tert-OH is 1. The molecule has 0 aliphatic carbocycles. The smallest absolute Gasteiger partial charge is 0.122 e. The summed E-state index contributed by atoms with van der Waals surface area (Å²) in [6, 6.07) is 6.22. The molecule has 0 spiro atoms. The minimum absolute atomic E-state index is 0.129. The van der Waals surface area contributed by atoms with E-state index >= 15 is 0 Å². The van der Waals surface area contributed by atoms with Crippen LogP contribution in [0.25, 0.3) is 0 Å². The van der Waals surface area contributed by atoms with Gasteiger partial charge in [0.25, 0.3) is 0 Å². The number of aliphatic hydroxyl groups is 1. The van der Waals surface area contributed by atoms with Gasteiger partial charge in [0, 0.05) is 12.4 Å². The molecule has 0 saturated carbocycles. The predicted octanol–water partition coefficient (Wildman–Crippen LogP) is 2.93. The van der Waals surface area contributed by atoms with Crippen molar-refractivity contribution in [2.45, 2.75) is 45.8 Å². The number of aryl methyl sites for hydroxylation is 1. The third-order valence-corrected chi connectivity index (χ3v) is 3.45. The lowest BCUT2D eigenvalue weighted by Crippen LogP contribution is -2.23. The van der Waals surface area contributed by atoms with Gasteiger partial charge in [-0.05, 0) is 29.5 Å². The normalized spacial score (nSPS) is 13.2. The largest absolute Gasteiger partial charge is 0.491 e. The van der Waals surface area contributed by atoms with Gasteiger partial charge in [0.05, 0.1) is 12.9 Å². The summed E-state index contributed by atoms with van der Waals surface area (Å²) in [5, 5.41) is 9.98. The van der Waals surface area contributed by atoms with E-state index in [1.54, 1.807) is 12.5 Å². The zero-order valence-corrected chi connectivity index (χ0v) is 13.2. The first kappa shape index (κ1) is 15.6. The molecule has 0 bridgehead atoms. The van der Waals surface area contributed by atoms with Crippen LogP contribution in [0.5, 0.6) is 5.75 Å². The number of rotatable bonds is 5. The molecular weight excluding hydrogens is 264 g/mol. The van der Waals surface area contributed by atoms with Crippen molar-refractivity contribution in [3.05, 3.63) is 48.0 Å². The summed E-state index contributed by atoms with van der Waals surface area (Å²) in [6.45, 7) is 9.37. The molecule has 2 rings (SSSR count). The quantitative estimate of drug-likeness (QED) is 0.920. The minimum Gasteiger partial charge on any atom is -0.491 e. The maximum atomic E-state index is 9.98. The van der Waals surface area contributed by atoms with Crippen molar-refractivity contribution in [1.29, 1.82) is 0 Å². The number of hydrogen-bond donors (Lipinski definition) is 1. The van der Waals surface area contributed by atoms with Crippen LogP contribution in [0.15, 0.2) is 36.9 Å². The van der Waals surface area contributed by atoms with Crippen molar-refractivity contribution in [3.8, 4) is 5.75 Å². The Kier molecular flexibility index (Phi) is 4.68. The van der Waals surface area contributed by atoms with Crippen molar-refractivity contribution < 1.29 is 9.84 Å². The van der Waals surface area contributed by atoms with Crippen LogP contribution < -0.4 is 4.74 Å². The van der Waals surface area contributed by atoms with Gasteiger partial charge >= 0.3 is 0 Å². The summed E-state index contributed by atoms with van der Waals surface area (Å²) >= 11 is 0. The van der Waals surface area contributed by atoms with Crippen LogP contribution in [0.4, 0.5) is 0 Å². The Hall–Kier alpha value is -1.81. The molecular formula is C17H24N2O2. The Balaban J connectivity index is 1.94. The van der Waals surface area contributed by atoms with Crippen LogP contribution in [-0.4, -0.2) is 27.4 Å². The molecule has 2 aromatic rings. The van der Waals surface area contributed by atoms with E-state index < -0.39 is 6.10 Å². The second kappa shape index (κ2) is 6.31. The molecule has 1 aromatic heterocycles. The van der Waals surface area contributed by atoms with E-state index in [-0.39, 0.29) is 12.0 Å². The molecule has 0 radical (unpaired) electrons. The molecule has 4 nitrogen and oxygen atoms in total. The summed E-state index contributed by atoms with van der Waals surface area (Å²) in [7, 11) is 0. The van der Waals surface area contributed by atoms with Gasteiger partial charge < -0.3 is 14.4 Å². The highest BCUT2D eigenvalue weighted by Crippen LogP contribution is 2.27. The highest BCUT2D eigenvalue weighted by atomic mass is 16.5. The zero-order chi connectivity index (χ0) is 15.5. The van der Waals surface area contributed by atoms with Gasteiger partial charge in [-0.2, -0.15) is 0 Å². The van der Waals surface area contributed by atoms with E-state index in [1.807, 2.05) is 23.8 Å². The molecule has 114 valence electrons. The molecule has 4 heteroatoms. The lowest BCUT2D eigenvalue weighted by Gasteiger charge is -2.21. The summed E-state index contributed by atoms with van der Waals surface area (Å²) in [5.41, 5.74) is 2.51. The van der Waals surface area contributed by atoms with E-state index in [4.69, 9.17) is 4.74 Å². The number of nitrogens with zero attached hydrogens (tertiary/aromatic N) is 2. The molecule has 1 atom stereocenters. The minimum atomic E-state index is -0.555.